The third-order valence-electron chi connectivity index (χ3n) is 14.3. The average molecular weight is 937 g/mol. The smallest absolute Gasteiger partial charge is 0.211 e. The van der Waals surface area contributed by atoms with Gasteiger partial charge < -0.3 is 9.80 Å². The molecule has 348 valence electrons. The van der Waals surface area contributed by atoms with E-state index in [0.717, 1.165) is 95.8 Å². The van der Waals surface area contributed by atoms with Crippen molar-refractivity contribution in [1.29, 1.82) is 5.26 Å². The van der Waals surface area contributed by atoms with E-state index in [-0.39, 0.29) is 5.41 Å². The normalized spacial score (nSPS) is 12.3. The lowest BCUT2D eigenvalue weighted by atomic mass is 9.81. The highest BCUT2D eigenvalue weighted by molar-refractivity contribution is 6.02. The SMILES string of the molecule is [C-]#[N+]c1cc(-c2ccccc2)cc(/C(C=C)=C/CC)c1N(c1ccccc1)c1ccc2cc3c(cc2c1)C(C)(C)c1cc(N(c2ccccc2)c2c(C#N)cc(-c4ccccc4)cc2-c2ccccc2)ccc1-3. The molecule has 1 aliphatic carbocycles. The minimum Gasteiger partial charge on any atom is -0.320 e. The molecule has 4 heteroatoms. The van der Waals surface area contributed by atoms with Gasteiger partial charge in [0.2, 0.25) is 5.69 Å². The number of rotatable bonds is 12. The molecule has 73 heavy (non-hydrogen) atoms. The molecule has 0 unspecified atom stereocenters. The highest BCUT2D eigenvalue weighted by atomic mass is 15.2. The fraction of sp³-hybridized carbons (Fsp3) is 0.0725. The van der Waals surface area contributed by atoms with Crippen molar-refractivity contribution >= 4 is 56.2 Å². The number of para-hydroxylation sites is 2. The second-order valence-corrected chi connectivity index (χ2v) is 19.0. The zero-order valence-electron chi connectivity index (χ0n) is 41.2. The zero-order valence-corrected chi connectivity index (χ0v) is 41.2. The Balaban J connectivity index is 1.06. The molecule has 11 rings (SSSR count). The van der Waals surface area contributed by atoms with Crippen LogP contribution in [-0.2, 0) is 5.41 Å². The van der Waals surface area contributed by atoms with Crippen molar-refractivity contribution in [2.24, 2.45) is 0 Å². The first-order valence-corrected chi connectivity index (χ1v) is 24.9. The number of allylic oxidation sites excluding steroid dienone is 3. The van der Waals surface area contributed by atoms with Crippen molar-refractivity contribution in [2.75, 3.05) is 9.80 Å². The topological polar surface area (TPSA) is 34.6 Å². The van der Waals surface area contributed by atoms with E-state index in [9.17, 15) is 5.26 Å². The van der Waals surface area contributed by atoms with Gasteiger partial charge in [0.15, 0.2) is 0 Å². The summed E-state index contributed by atoms with van der Waals surface area (Å²) >= 11 is 0. The van der Waals surface area contributed by atoms with Gasteiger partial charge in [-0.05, 0) is 163 Å². The summed E-state index contributed by atoms with van der Waals surface area (Å²) in [4.78, 5) is 8.76. The van der Waals surface area contributed by atoms with Crippen molar-refractivity contribution in [3.05, 3.63) is 277 Å². The third-order valence-corrected chi connectivity index (χ3v) is 14.3. The third kappa shape index (κ3) is 8.36. The number of anilines is 6. The molecule has 0 spiro atoms. The molecule has 10 aromatic carbocycles. The first-order chi connectivity index (χ1) is 35.8. The maximum absolute atomic E-state index is 11.1. The summed E-state index contributed by atoms with van der Waals surface area (Å²) in [6.45, 7) is 19.7. The van der Waals surface area contributed by atoms with Crippen LogP contribution in [0.4, 0.5) is 39.8 Å². The van der Waals surface area contributed by atoms with Gasteiger partial charge in [-0.3, -0.25) is 0 Å². The van der Waals surface area contributed by atoms with Crippen LogP contribution in [0.3, 0.4) is 0 Å². The molecule has 0 bridgehead atoms. The van der Waals surface area contributed by atoms with Gasteiger partial charge in [-0.15, -0.1) is 0 Å². The molecule has 0 amide bonds. The molecule has 10 aromatic rings. The molecule has 0 N–H and O–H groups in total. The van der Waals surface area contributed by atoms with Gasteiger partial charge in [-0.2, -0.15) is 5.26 Å². The van der Waals surface area contributed by atoms with Crippen molar-refractivity contribution in [3.8, 4) is 50.6 Å². The Morgan fingerprint density at radius 2 is 1.05 bits per heavy atom. The van der Waals surface area contributed by atoms with Gasteiger partial charge in [0, 0.05) is 33.7 Å². The summed E-state index contributed by atoms with van der Waals surface area (Å²) in [5.41, 5.74) is 19.1. The van der Waals surface area contributed by atoms with Crippen LogP contribution in [0.15, 0.2) is 243 Å². The van der Waals surface area contributed by atoms with Crippen molar-refractivity contribution in [1.82, 2.24) is 0 Å². The molecule has 4 nitrogen and oxygen atoms in total. The van der Waals surface area contributed by atoms with Crippen LogP contribution in [0.5, 0.6) is 0 Å². The van der Waals surface area contributed by atoms with E-state index in [2.05, 4.69) is 212 Å². The Bertz CT molecular complexity index is 3820. The van der Waals surface area contributed by atoms with E-state index in [1.165, 1.54) is 22.3 Å². The molecule has 0 radical (unpaired) electrons. The van der Waals surface area contributed by atoms with Crippen LogP contribution in [0, 0.1) is 17.9 Å². The second-order valence-electron chi connectivity index (χ2n) is 19.0. The largest absolute Gasteiger partial charge is 0.320 e. The summed E-state index contributed by atoms with van der Waals surface area (Å²) in [7, 11) is 0. The number of benzene rings is 10. The molecule has 0 atom stereocenters. The Hall–Kier alpha value is -9.48. The minimum atomic E-state index is -0.384. The standard InChI is InChI=1S/C69H52N4/c1-6-23-47(7-2)61-42-54(49-26-15-9-16-27-49)44-66(71-5)68(61)73(57-32-21-12-22-33-57)58-35-34-51-40-63-60-37-36-59(45-65(60)69(3,4)64(63)43-53(51)39-58)72(56-30-19-11-20-31-56)67-55(46-70)38-52(48-24-13-8-14-25-48)41-62(67)50-28-17-10-18-29-50/h7-45H,2,6H2,1,3-4H3/b47-23+. The molecule has 1 aliphatic rings. The summed E-state index contributed by atoms with van der Waals surface area (Å²) in [5, 5.41) is 13.3. The molecular weight excluding hydrogens is 885 g/mol. The summed E-state index contributed by atoms with van der Waals surface area (Å²) in [6, 6.07) is 81.1. The van der Waals surface area contributed by atoms with E-state index < -0.39 is 0 Å². The van der Waals surface area contributed by atoms with Gasteiger partial charge in [0.25, 0.3) is 0 Å². The van der Waals surface area contributed by atoms with Crippen LogP contribution >= 0.6 is 0 Å². The highest BCUT2D eigenvalue weighted by Crippen LogP contribution is 2.54. The van der Waals surface area contributed by atoms with Crippen molar-refractivity contribution in [3.63, 3.8) is 0 Å². The van der Waals surface area contributed by atoms with Crippen LogP contribution in [0.1, 0.15) is 49.4 Å². The van der Waals surface area contributed by atoms with E-state index in [1.807, 2.05) is 72.8 Å². The molecular formula is C69H52N4. The molecule has 0 heterocycles. The van der Waals surface area contributed by atoms with E-state index >= 15 is 0 Å². The predicted octanol–water partition coefficient (Wildman–Crippen LogP) is 19.5. The maximum Gasteiger partial charge on any atom is 0.211 e. The molecule has 0 saturated heterocycles. The zero-order chi connectivity index (χ0) is 50.1. The highest BCUT2D eigenvalue weighted by Gasteiger charge is 2.37. The Morgan fingerprint density at radius 3 is 1.63 bits per heavy atom. The van der Waals surface area contributed by atoms with Crippen molar-refractivity contribution in [2.45, 2.75) is 32.6 Å². The lowest BCUT2D eigenvalue weighted by Gasteiger charge is -2.31. The summed E-state index contributed by atoms with van der Waals surface area (Å²) in [6.07, 6.45) is 4.92. The van der Waals surface area contributed by atoms with Crippen LogP contribution in [0.2, 0.25) is 0 Å². The van der Waals surface area contributed by atoms with Gasteiger partial charge in [-0.25, -0.2) is 4.85 Å². The summed E-state index contributed by atoms with van der Waals surface area (Å²) in [5.74, 6) is 0. The molecule has 0 aliphatic heterocycles. The first kappa shape index (κ1) is 45.9. The number of fused-ring (bicyclic) bond motifs is 4. The number of hydrogen-bond donors (Lipinski definition) is 0. The second kappa shape index (κ2) is 19.4. The fourth-order valence-corrected chi connectivity index (χ4v) is 10.8. The number of hydrogen-bond acceptors (Lipinski definition) is 3. The van der Waals surface area contributed by atoms with Crippen molar-refractivity contribution < 1.29 is 0 Å². The lowest BCUT2D eigenvalue weighted by molar-refractivity contribution is 0.661. The minimum absolute atomic E-state index is 0.384. The molecule has 0 aromatic heterocycles. The quantitative estimate of drug-likeness (QED) is 0.0904. The lowest BCUT2D eigenvalue weighted by Crippen LogP contribution is -2.17. The van der Waals surface area contributed by atoms with Gasteiger partial charge in [0.1, 0.15) is 6.07 Å². The van der Waals surface area contributed by atoms with Gasteiger partial charge in [-0.1, -0.05) is 179 Å². The first-order valence-electron chi connectivity index (χ1n) is 24.9. The predicted molar refractivity (Wildman–Crippen MR) is 307 cm³/mol. The van der Waals surface area contributed by atoms with E-state index in [4.69, 9.17) is 6.57 Å². The molecule has 0 saturated carbocycles. The Kier molecular flexibility index (Phi) is 12.2. The maximum atomic E-state index is 11.1. The van der Waals surface area contributed by atoms with E-state index in [1.54, 1.807) is 0 Å². The average Bonchev–Trinajstić information content (AvgIpc) is 3.67. The van der Waals surface area contributed by atoms with Crippen LogP contribution in [-0.4, -0.2) is 0 Å². The fourth-order valence-electron chi connectivity index (χ4n) is 10.8. The monoisotopic (exact) mass is 936 g/mol. The van der Waals surface area contributed by atoms with Crippen LogP contribution < -0.4 is 9.80 Å². The summed E-state index contributed by atoms with van der Waals surface area (Å²) < 4.78 is 0. The number of nitriles is 1. The van der Waals surface area contributed by atoms with Gasteiger partial charge >= 0.3 is 0 Å². The van der Waals surface area contributed by atoms with E-state index in [0.29, 0.717) is 11.3 Å². The Labute approximate surface area is 429 Å². The van der Waals surface area contributed by atoms with Gasteiger partial charge in [0.05, 0.1) is 23.5 Å². The number of nitrogens with zero attached hydrogens (tertiary/aromatic N) is 4. The van der Waals surface area contributed by atoms with Crippen LogP contribution in [0.25, 0.3) is 65.7 Å². The molecule has 0 fully saturated rings. The Morgan fingerprint density at radius 1 is 0.521 bits per heavy atom.